The normalized spacial score (nSPS) is 10.6. The number of nitrogens with one attached hydrogen (secondary N) is 1. The lowest BCUT2D eigenvalue weighted by Crippen LogP contribution is -2.14. The van der Waals surface area contributed by atoms with E-state index in [9.17, 15) is 4.79 Å². The molecule has 0 atom stereocenters. The third-order valence-electron chi connectivity index (χ3n) is 3.28. The highest BCUT2D eigenvalue weighted by Crippen LogP contribution is 2.24. The second kappa shape index (κ2) is 8.86. The van der Waals surface area contributed by atoms with Crippen molar-refractivity contribution in [1.82, 2.24) is 10.2 Å². The molecule has 0 fully saturated rings. The van der Waals surface area contributed by atoms with E-state index in [1.807, 2.05) is 36.4 Å². The minimum absolute atomic E-state index is 0.174. The first-order valence-electron chi connectivity index (χ1n) is 7.48. The number of aromatic nitrogens is 2. The Labute approximate surface area is 173 Å². The molecule has 1 heterocycles. The first kappa shape index (κ1) is 19.2. The Morgan fingerprint density at radius 3 is 2.31 bits per heavy atom. The van der Waals surface area contributed by atoms with Gasteiger partial charge in [0.15, 0.2) is 0 Å². The van der Waals surface area contributed by atoms with Crippen LogP contribution in [-0.2, 0) is 4.79 Å². The summed E-state index contributed by atoms with van der Waals surface area (Å²) in [4.78, 5) is 12.1. The van der Waals surface area contributed by atoms with Crippen LogP contribution in [0.1, 0.15) is 0 Å². The van der Waals surface area contributed by atoms with Crippen molar-refractivity contribution in [3.63, 3.8) is 0 Å². The highest BCUT2D eigenvalue weighted by molar-refractivity contribution is 9.10. The zero-order valence-electron chi connectivity index (χ0n) is 13.2. The van der Waals surface area contributed by atoms with Crippen LogP contribution in [0, 0.1) is 0 Å². The van der Waals surface area contributed by atoms with E-state index in [4.69, 9.17) is 23.2 Å². The molecular formula is C18H12BrCl2N3OS. The number of nitrogens with zero attached hydrogens (tertiary/aromatic N) is 2. The van der Waals surface area contributed by atoms with Gasteiger partial charge in [-0.05, 0) is 42.5 Å². The summed E-state index contributed by atoms with van der Waals surface area (Å²) in [6.07, 6.45) is 0. The van der Waals surface area contributed by atoms with Crippen molar-refractivity contribution in [2.75, 3.05) is 11.1 Å². The first-order chi connectivity index (χ1) is 12.5. The highest BCUT2D eigenvalue weighted by atomic mass is 79.9. The number of carbonyl (C=O) groups excluding carboxylic acids is 1. The third kappa shape index (κ3) is 5.45. The number of benzene rings is 2. The number of amides is 1. The monoisotopic (exact) mass is 467 g/mol. The molecule has 0 saturated carbocycles. The average molecular weight is 469 g/mol. The summed E-state index contributed by atoms with van der Waals surface area (Å²) in [6, 6.07) is 16.4. The lowest BCUT2D eigenvalue weighted by atomic mass is 10.1. The molecule has 0 bridgehead atoms. The van der Waals surface area contributed by atoms with E-state index in [0.717, 1.165) is 15.7 Å². The quantitative estimate of drug-likeness (QED) is 0.470. The maximum atomic E-state index is 12.1. The van der Waals surface area contributed by atoms with Gasteiger partial charge >= 0.3 is 0 Å². The van der Waals surface area contributed by atoms with Crippen molar-refractivity contribution >= 4 is 62.5 Å². The predicted molar refractivity (Wildman–Crippen MR) is 111 cm³/mol. The Balaban J connectivity index is 1.57. The van der Waals surface area contributed by atoms with E-state index in [-0.39, 0.29) is 11.7 Å². The van der Waals surface area contributed by atoms with Gasteiger partial charge in [0.05, 0.1) is 11.4 Å². The van der Waals surface area contributed by atoms with Crippen molar-refractivity contribution in [2.24, 2.45) is 0 Å². The summed E-state index contributed by atoms with van der Waals surface area (Å²) in [6.45, 7) is 0. The molecule has 1 N–H and O–H groups in total. The van der Waals surface area contributed by atoms with Crippen LogP contribution in [0.2, 0.25) is 10.0 Å². The number of hydrogen-bond donors (Lipinski definition) is 1. The van der Waals surface area contributed by atoms with Crippen LogP contribution in [0.5, 0.6) is 0 Å². The smallest absolute Gasteiger partial charge is 0.234 e. The van der Waals surface area contributed by atoms with Gasteiger partial charge in [-0.1, -0.05) is 63.0 Å². The van der Waals surface area contributed by atoms with Crippen LogP contribution in [0.25, 0.3) is 11.3 Å². The standard InChI is InChI=1S/C18H12BrCl2N3OS/c19-12-3-1-11(2-4-12)16-5-6-18(24-23-16)26-10-17(25)22-15-8-13(20)7-14(21)9-15/h1-9H,10H2,(H,22,25). The molecule has 2 aromatic carbocycles. The largest absolute Gasteiger partial charge is 0.325 e. The first-order valence-corrected chi connectivity index (χ1v) is 10.0. The van der Waals surface area contributed by atoms with Crippen molar-refractivity contribution in [1.29, 1.82) is 0 Å². The summed E-state index contributed by atoms with van der Waals surface area (Å²) in [5, 5.41) is 12.7. The van der Waals surface area contributed by atoms with Crippen LogP contribution in [0.4, 0.5) is 5.69 Å². The molecule has 3 aromatic rings. The maximum Gasteiger partial charge on any atom is 0.234 e. The fourth-order valence-electron chi connectivity index (χ4n) is 2.13. The molecule has 3 rings (SSSR count). The van der Waals surface area contributed by atoms with Gasteiger partial charge in [0.25, 0.3) is 0 Å². The fraction of sp³-hybridized carbons (Fsp3) is 0.0556. The number of hydrogen-bond acceptors (Lipinski definition) is 4. The second-order valence-corrected chi connectivity index (χ2v) is 8.04. The number of rotatable bonds is 5. The van der Waals surface area contributed by atoms with E-state index in [1.54, 1.807) is 18.2 Å². The van der Waals surface area contributed by atoms with Crippen molar-refractivity contribution in [3.05, 3.63) is 69.1 Å². The number of carbonyl (C=O) groups is 1. The molecule has 1 aromatic heterocycles. The number of thioether (sulfide) groups is 1. The van der Waals surface area contributed by atoms with E-state index >= 15 is 0 Å². The van der Waals surface area contributed by atoms with Gasteiger partial charge in [-0.25, -0.2) is 0 Å². The molecule has 0 aliphatic heterocycles. The summed E-state index contributed by atoms with van der Waals surface area (Å²) in [5.41, 5.74) is 2.32. The van der Waals surface area contributed by atoms with Crippen LogP contribution in [0.15, 0.2) is 64.1 Å². The summed E-state index contributed by atoms with van der Waals surface area (Å²) in [5.74, 6) is 0.0308. The Morgan fingerprint density at radius 1 is 1.00 bits per heavy atom. The van der Waals surface area contributed by atoms with Gasteiger partial charge in [-0.3, -0.25) is 4.79 Å². The van der Waals surface area contributed by atoms with Crippen LogP contribution < -0.4 is 5.32 Å². The Kier molecular flexibility index (Phi) is 6.53. The summed E-state index contributed by atoms with van der Waals surface area (Å²) < 4.78 is 1.01. The van der Waals surface area contributed by atoms with Crippen LogP contribution >= 0.6 is 50.9 Å². The van der Waals surface area contributed by atoms with Gasteiger partial charge in [0.2, 0.25) is 5.91 Å². The molecule has 132 valence electrons. The van der Waals surface area contributed by atoms with Gasteiger partial charge in [0, 0.05) is 25.8 Å². The second-order valence-electron chi connectivity index (χ2n) is 5.26. The van der Waals surface area contributed by atoms with Crippen molar-refractivity contribution < 1.29 is 4.79 Å². The number of halogens is 3. The lowest BCUT2D eigenvalue weighted by molar-refractivity contribution is -0.113. The zero-order valence-corrected chi connectivity index (χ0v) is 17.2. The summed E-state index contributed by atoms with van der Waals surface area (Å²) in [7, 11) is 0. The Morgan fingerprint density at radius 2 is 1.69 bits per heavy atom. The lowest BCUT2D eigenvalue weighted by Gasteiger charge is -2.06. The molecule has 1 amide bonds. The molecule has 0 aliphatic carbocycles. The average Bonchev–Trinajstić information content (AvgIpc) is 2.60. The summed E-state index contributed by atoms with van der Waals surface area (Å²) >= 11 is 16.5. The predicted octanol–water partition coefficient (Wildman–Crippen LogP) is 5.94. The van der Waals surface area contributed by atoms with Gasteiger partial charge in [-0.2, -0.15) is 0 Å². The third-order valence-corrected chi connectivity index (χ3v) is 5.16. The molecule has 0 saturated heterocycles. The molecule has 0 aliphatic rings. The van der Waals surface area contributed by atoms with Crippen LogP contribution in [-0.4, -0.2) is 21.9 Å². The highest BCUT2D eigenvalue weighted by Gasteiger charge is 2.07. The maximum absolute atomic E-state index is 12.1. The van der Waals surface area contributed by atoms with E-state index in [2.05, 4.69) is 31.4 Å². The van der Waals surface area contributed by atoms with Gasteiger partial charge < -0.3 is 5.32 Å². The fourth-order valence-corrected chi connectivity index (χ4v) is 3.54. The molecule has 0 radical (unpaired) electrons. The van der Waals surface area contributed by atoms with E-state index in [0.29, 0.717) is 20.8 Å². The molecule has 0 unspecified atom stereocenters. The SMILES string of the molecule is O=C(CSc1ccc(-c2ccc(Br)cc2)nn1)Nc1cc(Cl)cc(Cl)c1. The molecule has 8 heteroatoms. The van der Waals surface area contributed by atoms with Crippen molar-refractivity contribution in [3.8, 4) is 11.3 Å². The Hall–Kier alpha value is -1.60. The molecule has 4 nitrogen and oxygen atoms in total. The van der Waals surface area contributed by atoms with E-state index in [1.165, 1.54) is 11.8 Å². The molecule has 26 heavy (non-hydrogen) atoms. The van der Waals surface area contributed by atoms with E-state index < -0.39 is 0 Å². The zero-order chi connectivity index (χ0) is 18.5. The Bertz CT molecular complexity index is 900. The molecule has 0 spiro atoms. The van der Waals surface area contributed by atoms with Crippen molar-refractivity contribution in [2.45, 2.75) is 5.03 Å². The van der Waals surface area contributed by atoms with Gasteiger partial charge in [-0.15, -0.1) is 10.2 Å². The minimum Gasteiger partial charge on any atom is -0.325 e. The molecular weight excluding hydrogens is 457 g/mol. The topological polar surface area (TPSA) is 54.9 Å². The van der Waals surface area contributed by atoms with Gasteiger partial charge in [0.1, 0.15) is 5.03 Å². The van der Waals surface area contributed by atoms with Crippen LogP contribution in [0.3, 0.4) is 0 Å². The minimum atomic E-state index is -0.174. The number of anilines is 1.